The predicted octanol–water partition coefficient (Wildman–Crippen LogP) is 1.89. The molecule has 6 nitrogen and oxygen atoms in total. The third-order valence-electron chi connectivity index (χ3n) is 1.97. The van der Waals surface area contributed by atoms with E-state index in [1.54, 1.807) is 23.8 Å². The van der Waals surface area contributed by atoms with E-state index in [1.807, 2.05) is 0 Å². The van der Waals surface area contributed by atoms with E-state index in [4.69, 9.17) is 4.52 Å². The summed E-state index contributed by atoms with van der Waals surface area (Å²) in [6.45, 7) is 0. The predicted molar refractivity (Wildman–Crippen MR) is 56.9 cm³/mol. The fraction of sp³-hybridized carbons (Fsp3) is 0. The van der Waals surface area contributed by atoms with E-state index in [-0.39, 0.29) is 5.75 Å². The highest BCUT2D eigenvalue weighted by molar-refractivity contribution is 7.13. The van der Waals surface area contributed by atoms with Gasteiger partial charge in [0.1, 0.15) is 10.6 Å². The molecule has 0 spiro atoms. The number of aromatic amines is 1. The van der Waals surface area contributed by atoms with Gasteiger partial charge in [-0.05, 0) is 11.4 Å². The lowest BCUT2D eigenvalue weighted by Gasteiger charge is -1.87. The zero-order valence-corrected chi connectivity index (χ0v) is 8.73. The summed E-state index contributed by atoms with van der Waals surface area (Å²) in [6, 6.07) is 1.58. The minimum atomic E-state index is 0.139. The first-order chi connectivity index (χ1) is 7.84. The Labute approximate surface area is 93.6 Å². The molecule has 3 aromatic rings. The fourth-order valence-electron chi connectivity index (χ4n) is 1.26. The van der Waals surface area contributed by atoms with Crippen molar-refractivity contribution >= 4 is 11.3 Å². The van der Waals surface area contributed by atoms with Gasteiger partial charge in [-0.2, -0.15) is 4.98 Å². The molecule has 0 aliphatic heterocycles. The van der Waals surface area contributed by atoms with Crippen molar-refractivity contribution in [3.8, 4) is 28.2 Å². The van der Waals surface area contributed by atoms with Crippen LogP contribution in [0.1, 0.15) is 0 Å². The molecule has 3 aromatic heterocycles. The molecule has 80 valence electrons. The molecule has 0 fully saturated rings. The van der Waals surface area contributed by atoms with Crippen LogP contribution < -0.4 is 0 Å². The van der Waals surface area contributed by atoms with Crippen LogP contribution in [0.5, 0.6) is 5.75 Å². The van der Waals surface area contributed by atoms with E-state index in [1.165, 1.54) is 11.3 Å². The number of hydrogen-bond donors (Lipinski definition) is 2. The second-order valence-electron chi connectivity index (χ2n) is 3.00. The summed E-state index contributed by atoms with van der Waals surface area (Å²) in [5, 5.41) is 15.0. The number of imidazole rings is 1. The lowest BCUT2D eigenvalue weighted by atomic mass is 10.4. The van der Waals surface area contributed by atoms with Crippen molar-refractivity contribution in [2.24, 2.45) is 0 Å². The number of H-pyrrole nitrogens is 1. The molecule has 0 atom stereocenters. The minimum Gasteiger partial charge on any atom is -0.506 e. The van der Waals surface area contributed by atoms with Gasteiger partial charge in [0, 0.05) is 12.4 Å². The van der Waals surface area contributed by atoms with Crippen molar-refractivity contribution in [1.82, 2.24) is 20.1 Å². The van der Waals surface area contributed by atoms with Crippen molar-refractivity contribution in [1.29, 1.82) is 0 Å². The Morgan fingerprint density at radius 2 is 2.38 bits per heavy atom. The zero-order chi connectivity index (χ0) is 11.0. The topological polar surface area (TPSA) is 87.8 Å². The lowest BCUT2D eigenvalue weighted by molar-refractivity contribution is 0.427. The molecule has 0 aliphatic rings. The van der Waals surface area contributed by atoms with Gasteiger partial charge in [0.2, 0.25) is 5.82 Å². The van der Waals surface area contributed by atoms with E-state index in [9.17, 15) is 5.11 Å². The van der Waals surface area contributed by atoms with Crippen LogP contribution >= 0.6 is 11.3 Å². The number of thiophene rings is 1. The molecule has 0 aromatic carbocycles. The summed E-state index contributed by atoms with van der Waals surface area (Å²) < 4.78 is 5.04. The first-order valence-electron chi connectivity index (χ1n) is 4.45. The monoisotopic (exact) mass is 234 g/mol. The Morgan fingerprint density at radius 3 is 3.06 bits per heavy atom. The van der Waals surface area contributed by atoms with Crippen LogP contribution in [0.2, 0.25) is 0 Å². The molecule has 0 radical (unpaired) electrons. The smallest absolute Gasteiger partial charge is 0.272 e. The van der Waals surface area contributed by atoms with Gasteiger partial charge >= 0.3 is 0 Å². The van der Waals surface area contributed by atoms with E-state index >= 15 is 0 Å². The Bertz CT molecular complexity index is 599. The van der Waals surface area contributed by atoms with Gasteiger partial charge in [0.15, 0.2) is 5.82 Å². The first-order valence-corrected chi connectivity index (χ1v) is 5.33. The van der Waals surface area contributed by atoms with Crippen molar-refractivity contribution in [2.45, 2.75) is 0 Å². The zero-order valence-electron chi connectivity index (χ0n) is 7.91. The molecule has 0 amide bonds. The molecule has 0 saturated carbocycles. The highest BCUT2D eigenvalue weighted by Gasteiger charge is 2.15. The number of nitrogens with zero attached hydrogens (tertiary/aromatic N) is 3. The summed E-state index contributed by atoms with van der Waals surface area (Å²) in [5.74, 6) is 1.33. The number of rotatable bonds is 2. The molecule has 16 heavy (non-hydrogen) atoms. The molecule has 0 bridgehead atoms. The number of nitrogens with one attached hydrogen (secondary N) is 1. The molecular weight excluding hydrogens is 228 g/mol. The van der Waals surface area contributed by atoms with E-state index in [0.29, 0.717) is 22.4 Å². The summed E-state index contributed by atoms with van der Waals surface area (Å²) in [7, 11) is 0. The second-order valence-corrected chi connectivity index (χ2v) is 3.91. The molecule has 3 heterocycles. The summed E-state index contributed by atoms with van der Waals surface area (Å²) in [6.07, 6.45) is 3.28. The highest BCUT2D eigenvalue weighted by atomic mass is 32.1. The molecule has 7 heteroatoms. The van der Waals surface area contributed by atoms with Gasteiger partial charge in [0.05, 0.1) is 0 Å². The first kappa shape index (κ1) is 9.10. The van der Waals surface area contributed by atoms with Crippen LogP contribution in [-0.4, -0.2) is 25.2 Å². The van der Waals surface area contributed by atoms with Crippen LogP contribution in [0.15, 0.2) is 28.4 Å². The van der Waals surface area contributed by atoms with Crippen molar-refractivity contribution in [3.63, 3.8) is 0 Å². The van der Waals surface area contributed by atoms with Crippen LogP contribution in [0.25, 0.3) is 22.4 Å². The van der Waals surface area contributed by atoms with Gasteiger partial charge in [-0.15, -0.1) is 11.3 Å². The van der Waals surface area contributed by atoms with Crippen LogP contribution in [0.3, 0.4) is 0 Å². The molecule has 0 saturated heterocycles. The van der Waals surface area contributed by atoms with Crippen molar-refractivity contribution in [2.75, 3.05) is 0 Å². The summed E-state index contributed by atoms with van der Waals surface area (Å²) >= 11 is 1.34. The maximum atomic E-state index is 9.50. The quantitative estimate of drug-likeness (QED) is 0.707. The standard InChI is InChI=1S/C9H6N4O2S/c14-5-1-4-16-6(5)9-12-8(13-15-9)7-10-2-3-11-7/h1-4,14H,(H,10,11). The molecule has 3 rings (SSSR count). The summed E-state index contributed by atoms with van der Waals surface area (Å²) in [5.41, 5.74) is 0. The molecule has 0 unspecified atom stereocenters. The van der Waals surface area contributed by atoms with Gasteiger partial charge in [0.25, 0.3) is 5.89 Å². The average molecular weight is 234 g/mol. The van der Waals surface area contributed by atoms with Crippen LogP contribution in [0, 0.1) is 0 Å². The summed E-state index contributed by atoms with van der Waals surface area (Å²) in [4.78, 5) is 11.6. The number of aromatic hydroxyl groups is 1. The number of aromatic nitrogens is 4. The minimum absolute atomic E-state index is 0.139. The van der Waals surface area contributed by atoms with E-state index < -0.39 is 0 Å². The fourth-order valence-corrected chi connectivity index (χ4v) is 1.97. The van der Waals surface area contributed by atoms with Gasteiger partial charge in [-0.3, -0.25) is 0 Å². The average Bonchev–Trinajstić information content (AvgIpc) is 2.96. The van der Waals surface area contributed by atoms with Crippen molar-refractivity contribution in [3.05, 3.63) is 23.8 Å². The molecule has 2 N–H and O–H groups in total. The van der Waals surface area contributed by atoms with Crippen LogP contribution in [-0.2, 0) is 0 Å². The molecule has 0 aliphatic carbocycles. The van der Waals surface area contributed by atoms with Gasteiger partial charge in [-0.25, -0.2) is 4.98 Å². The van der Waals surface area contributed by atoms with Crippen LogP contribution in [0.4, 0.5) is 0 Å². The Balaban J connectivity index is 2.03. The molecular formula is C9H6N4O2S. The Hall–Kier alpha value is -2.15. The maximum absolute atomic E-state index is 9.50. The van der Waals surface area contributed by atoms with Gasteiger partial charge < -0.3 is 14.6 Å². The Kier molecular flexibility index (Phi) is 1.97. The normalized spacial score (nSPS) is 10.8. The maximum Gasteiger partial charge on any atom is 0.272 e. The third kappa shape index (κ3) is 1.38. The van der Waals surface area contributed by atoms with Crippen molar-refractivity contribution < 1.29 is 9.63 Å². The Morgan fingerprint density at radius 1 is 1.44 bits per heavy atom. The largest absolute Gasteiger partial charge is 0.506 e. The highest BCUT2D eigenvalue weighted by Crippen LogP contribution is 2.33. The van der Waals surface area contributed by atoms with E-state index in [0.717, 1.165) is 0 Å². The lowest BCUT2D eigenvalue weighted by Crippen LogP contribution is -1.82. The third-order valence-corrected chi connectivity index (χ3v) is 2.87. The van der Waals surface area contributed by atoms with Gasteiger partial charge in [-0.1, -0.05) is 5.16 Å². The number of hydrogen-bond acceptors (Lipinski definition) is 6. The second kappa shape index (κ2) is 3.46. The SMILES string of the molecule is Oc1ccsc1-c1nc(-c2ncc[nH]2)no1. The van der Waals surface area contributed by atoms with E-state index in [2.05, 4.69) is 20.1 Å².